The molecule has 0 radical (unpaired) electrons. The molecular formula is C28H37N5O4S. The summed E-state index contributed by atoms with van der Waals surface area (Å²) in [5, 5.41) is 3.34. The van der Waals surface area contributed by atoms with Crippen molar-refractivity contribution < 1.29 is 19.1 Å². The SMILES string of the molecule is CCOc1ccc(NC(=O)CC2C(=O)N(c3ccc(OC)cc3)C(=S)N2CCCN2CCN(C)CC2)cc1. The summed E-state index contributed by atoms with van der Waals surface area (Å²) in [7, 11) is 3.74. The molecule has 204 valence electrons. The van der Waals surface area contributed by atoms with Gasteiger partial charge in [-0.15, -0.1) is 0 Å². The monoisotopic (exact) mass is 539 g/mol. The molecule has 0 spiro atoms. The predicted octanol–water partition coefficient (Wildman–Crippen LogP) is 3.06. The number of methoxy groups -OCH3 is 1. The van der Waals surface area contributed by atoms with Gasteiger partial charge in [-0.2, -0.15) is 0 Å². The first-order valence-corrected chi connectivity index (χ1v) is 13.5. The highest BCUT2D eigenvalue weighted by Crippen LogP contribution is 2.29. The quantitative estimate of drug-likeness (QED) is 0.437. The number of rotatable bonds is 11. The number of likely N-dealkylation sites (N-methyl/N-ethyl adjacent to an activating group) is 1. The molecule has 4 rings (SSSR count). The number of thiocarbonyl (C=S) groups is 1. The second kappa shape index (κ2) is 13.0. The van der Waals surface area contributed by atoms with E-state index in [4.69, 9.17) is 21.7 Å². The molecule has 9 nitrogen and oxygen atoms in total. The van der Waals surface area contributed by atoms with Gasteiger partial charge in [0.2, 0.25) is 5.91 Å². The van der Waals surface area contributed by atoms with Gasteiger partial charge in [-0.25, -0.2) is 0 Å². The van der Waals surface area contributed by atoms with Crippen LogP contribution < -0.4 is 19.7 Å². The summed E-state index contributed by atoms with van der Waals surface area (Å²) in [5.74, 6) is 1.00. The smallest absolute Gasteiger partial charge is 0.256 e. The van der Waals surface area contributed by atoms with Gasteiger partial charge in [0, 0.05) is 38.4 Å². The van der Waals surface area contributed by atoms with E-state index in [2.05, 4.69) is 22.2 Å². The fourth-order valence-corrected chi connectivity index (χ4v) is 5.20. The summed E-state index contributed by atoms with van der Waals surface area (Å²) in [4.78, 5) is 34.9. The molecule has 2 saturated heterocycles. The van der Waals surface area contributed by atoms with Crippen molar-refractivity contribution in [1.29, 1.82) is 0 Å². The second-order valence-corrected chi connectivity index (χ2v) is 9.94. The molecule has 2 aliphatic rings. The summed E-state index contributed by atoms with van der Waals surface area (Å²) < 4.78 is 10.7. The zero-order chi connectivity index (χ0) is 27.1. The number of ether oxygens (including phenoxy) is 2. The number of amides is 2. The lowest BCUT2D eigenvalue weighted by Gasteiger charge is -2.33. The zero-order valence-electron chi connectivity index (χ0n) is 22.4. The van der Waals surface area contributed by atoms with Gasteiger partial charge in [0.05, 0.1) is 25.8 Å². The molecule has 38 heavy (non-hydrogen) atoms. The van der Waals surface area contributed by atoms with Crippen LogP contribution in [0.25, 0.3) is 0 Å². The maximum absolute atomic E-state index is 13.6. The number of anilines is 2. The number of hydrogen-bond donors (Lipinski definition) is 1. The minimum Gasteiger partial charge on any atom is -0.497 e. The fourth-order valence-electron chi connectivity index (χ4n) is 4.78. The maximum atomic E-state index is 13.6. The van der Waals surface area contributed by atoms with Crippen molar-refractivity contribution in [1.82, 2.24) is 14.7 Å². The molecule has 2 heterocycles. The van der Waals surface area contributed by atoms with Gasteiger partial charge in [0.15, 0.2) is 5.11 Å². The molecule has 1 unspecified atom stereocenters. The van der Waals surface area contributed by atoms with E-state index in [0.717, 1.165) is 44.9 Å². The molecule has 10 heteroatoms. The molecule has 2 aromatic rings. The van der Waals surface area contributed by atoms with Crippen LogP contribution in [-0.4, -0.2) is 97.7 Å². The molecule has 2 amide bonds. The second-order valence-electron chi connectivity index (χ2n) is 9.57. The fraction of sp³-hybridized carbons (Fsp3) is 0.464. The standard InChI is InChI=1S/C28H37N5O4S/c1-4-37-24-10-6-21(7-11-24)29-26(34)20-25-27(35)33(22-8-12-23(36-3)13-9-22)28(38)32(25)15-5-14-31-18-16-30(2)17-19-31/h6-13,25H,4-5,14-20H2,1-3H3,(H,29,34). The molecule has 2 fully saturated rings. The van der Waals surface area contributed by atoms with Crippen LogP contribution in [0.3, 0.4) is 0 Å². The summed E-state index contributed by atoms with van der Waals surface area (Å²) in [5.41, 5.74) is 1.32. The highest BCUT2D eigenvalue weighted by atomic mass is 32.1. The van der Waals surface area contributed by atoms with Gasteiger partial charge in [0.25, 0.3) is 5.91 Å². The Kier molecular flexibility index (Phi) is 9.54. The Morgan fingerprint density at radius 3 is 2.29 bits per heavy atom. The number of benzene rings is 2. The number of piperazine rings is 1. The third kappa shape index (κ3) is 6.80. The summed E-state index contributed by atoms with van der Waals surface area (Å²) in [6.07, 6.45) is 0.859. The van der Waals surface area contributed by atoms with E-state index >= 15 is 0 Å². The molecular weight excluding hydrogens is 502 g/mol. The van der Waals surface area contributed by atoms with Crippen molar-refractivity contribution in [2.75, 3.05) is 70.2 Å². The molecule has 2 aliphatic heterocycles. The van der Waals surface area contributed by atoms with E-state index in [9.17, 15) is 9.59 Å². The molecule has 1 N–H and O–H groups in total. The normalized spacial score (nSPS) is 18.7. The lowest BCUT2D eigenvalue weighted by atomic mass is 10.1. The van der Waals surface area contributed by atoms with Crippen molar-refractivity contribution in [3.8, 4) is 11.5 Å². The Bertz CT molecular complexity index is 1100. The zero-order valence-corrected chi connectivity index (χ0v) is 23.2. The Hall–Kier alpha value is -3.21. The number of hydrogen-bond acceptors (Lipinski definition) is 7. The van der Waals surface area contributed by atoms with Crippen molar-refractivity contribution in [2.45, 2.75) is 25.8 Å². The largest absolute Gasteiger partial charge is 0.497 e. The van der Waals surface area contributed by atoms with Crippen molar-refractivity contribution in [3.63, 3.8) is 0 Å². The number of nitrogens with zero attached hydrogens (tertiary/aromatic N) is 4. The number of nitrogens with one attached hydrogen (secondary N) is 1. The van der Waals surface area contributed by atoms with Crippen LogP contribution >= 0.6 is 12.2 Å². The maximum Gasteiger partial charge on any atom is 0.256 e. The van der Waals surface area contributed by atoms with E-state index in [1.807, 2.05) is 36.1 Å². The number of carbonyl (C=O) groups is 2. The minimum atomic E-state index is -0.667. The Morgan fingerprint density at radius 2 is 1.66 bits per heavy atom. The van der Waals surface area contributed by atoms with Crippen molar-refractivity contribution in [2.24, 2.45) is 0 Å². The van der Waals surface area contributed by atoms with Crippen molar-refractivity contribution >= 4 is 40.5 Å². The van der Waals surface area contributed by atoms with Crippen LogP contribution in [0.2, 0.25) is 0 Å². The average molecular weight is 540 g/mol. The van der Waals surface area contributed by atoms with Crippen LogP contribution in [0, 0.1) is 0 Å². The first-order valence-electron chi connectivity index (χ1n) is 13.1. The Balaban J connectivity index is 1.45. The van der Waals surface area contributed by atoms with Gasteiger partial charge in [-0.05, 0) is 87.7 Å². The van der Waals surface area contributed by atoms with Crippen molar-refractivity contribution in [3.05, 3.63) is 48.5 Å². The highest BCUT2D eigenvalue weighted by Gasteiger charge is 2.43. The van der Waals surface area contributed by atoms with Crippen LogP contribution in [0.15, 0.2) is 48.5 Å². The van der Waals surface area contributed by atoms with Gasteiger partial charge in [-0.3, -0.25) is 14.5 Å². The predicted molar refractivity (Wildman–Crippen MR) is 153 cm³/mol. The van der Waals surface area contributed by atoms with E-state index in [0.29, 0.717) is 35.4 Å². The third-order valence-corrected chi connectivity index (χ3v) is 7.36. The van der Waals surface area contributed by atoms with Gasteiger partial charge in [0.1, 0.15) is 17.5 Å². The first kappa shape index (κ1) is 27.8. The minimum absolute atomic E-state index is 0.00729. The number of carbonyl (C=O) groups excluding carboxylic acids is 2. The van der Waals surface area contributed by atoms with Crippen LogP contribution in [-0.2, 0) is 9.59 Å². The van der Waals surface area contributed by atoms with Crippen LogP contribution in [0.4, 0.5) is 11.4 Å². The van der Waals surface area contributed by atoms with E-state index < -0.39 is 6.04 Å². The lowest BCUT2D eigenvalue weighted by molar-refractivity contribution is -0.124. The molecule has 2 aromatic carbocycles. The topological polar surface area (TPSA) is 77.6 Å². The third-order valence-electron chi connectivity index (χ3n) is 6.95. The average Bonchev–Trinajstić information content (AvgIpc) is 3.15. The summed E-state index contributed by atoms with van der Waals surface area (Å²) in [6.45, 7) is 8.20. The first-order chi connectivity index (χ1) is 18.4. The lowest BCUT2D eigenvalue weighted by Crippen LogP contribution is -2.45. The molecule has 0 aromatic heterocycles. The van der Waals surface area contributed by atoms with Gasteiger partial charge < -0.3 is 29.5 Å². The van der Waals surface area contributed by atoms with Crippen LogP contribution in [0.5, 0.6) is 11.5 Å². The van der Waals surface area contributed by atoms with E-state index in [1.165, 1.54) is 0 Å². The van der Waals surface area contributed by atoms with E-state index in [-0.39, 0.29) is 18.2 Å². The van der Waals surface area contributed by atoms with E-state index in [1.54, 1.807) is 36.3 Å². The Labute approximate surface area is 230 Å². The summed E-state index contributed by atoms with van der Waals surface area (Å²) in [6, 6.07) is 13.8. The highest BCUT2D eigenvalue weighted by molar-refractivity contribution is 7.80. The molecule has 1 atom stereocenters. The molecule has 0 bridgehead atoms. The van der Waals surface area contributed by atoms with Gasteiger partial charge in [-0.1, -0.05) is 0 Å². The molecule has 0 saturated carbocycles. The summed E-state index contributed by atoms with van der Waals surface area (Å²) >= 11 is 5.80. The van der Waals surface area contributed by atoms with Gasteiger partial charge >= 0.3 is 0 Å². The Morgan fingerprint density at radius 1 is 1.00 bits per heavy atom. The van der Waals surface area contributed by atoms with Crippen LogP contribution in [0.1, 0.15) is 19.8 Å². The molecule has 0 aliphatic carbocycles.